The summed E-state index contributed by atoms with van der Waals surface area (Å²) < 4.78 is 2.94. The van der Waals surface area contributed by atoms with Crippen LogP contribution in [-0.2, 0) is 11.4 Å². The number of hydrogen-bond acceptors (Lipinski definition) is 4. The Morgan fingerprint density at radius 1 is 1.44 bits per heavy atom. The summed E-state index contributed by atoms with van der Waals surface area (Å²) in [6.45, 7) is 0.754. The molecule has 2 aromatic rings. The van der Waals surface area contributed by atoms with E-state index in [-0.39, 0.29) is 6.10 Å². The van der Waals surface area contributed by atoms with Crippen molar-refractivity contribution in [3.05, 3.63) is 47.2 Å². The molecule has 0 spiro atoms. The maximum Gasteiger partial charge on any atom is 0.151 e. The summed E-state index contributed by atoms with van der Waals surface area (Å²) in [7, 11) is 0. The lowest BCUT2D eigenvalue weighted by atomic mass is 10.1. The van der Waals surface area contributed by atoms with Crippen molar-refractivity contribution >= 4 is 21.6 Å². The van der Waals surface area contributed by atoms with Gasteiger partial charge in [-0.1, -0.05) is 5.16 Å². The second-order valence-corrected chi connectivity index (χ2v) is 5.01. The van der Waals surface area contributed by atoms with E-state index in [1.54, 1.807) is 18.7 Å². The number of imidazole rings is 1. The number of nitrogens with zero attached hydrogens (tertiary/aromatic N) is 4. The van der Waals surface area contributed by atoms with Gasteiger partial charge in [0.05, 0.1) is 18.6 Å². The summed E-state index contributed by atoms with van der Waals surface area (Å²) in [6.07, 6.45) is 8.04. The van der Waals surface area contributed by atoms with Crippen LogP contribution in [0.4, 0.5) is 0 Å². The zero-order chi connectivity index (χ0) is 12.4. The standard InChI is InChI=1S/C12H11BrN4O/c13-9-1-2-11(15-6-9)12-5-10(18-16-12)7-17-4-3-14-8-17/h1-4,6,8,10H,5,7H2/t10-/m0/s1. The van der Waals surface area contributed by atoms with E-state index >= 15 is 0 Å². The van der Waals surface area contributed by atoms with Crippen molar-refractivity contribution < 1.29 is 4.84 Å². The van der Waals surface area contributed by atoms with Gasteiger partial charge in [-0.3, -0.25) is 4.98 Å². The van der Waals surface area contributed by atoms with E-state index in [4.69, 9.17) is 4.84 Å². The highest BCUT2D eigenvalue weighted by Crippen LogP contribution is 2.18. The highest BCUT2D eigenvalue weighted by Gasteiger charge is 2.23. The minimum absolute atomic E-state index is 0.0552. The van der Waals surface area contributed by atoms with Crippen molar-refractivity contribution in [3.63, 3.8) is 0 Å². The molecule has 6 heteroatoms. The number of halogens is 1. The molecule has 3 heterocycles. The summed E-state index contributed by atoms with van der Waals surface area (Å²) in [5.74, 6) is 0. The molecule has 2 aromatic heterocycles. The van der Waals surface area contributed by atoms with Crippen molar-refractivity contribution in [3.8, 4) is 0 Å². The number of hydrogen-bond donors (Lipinski definition) is 0. The fourth-order valence-corrected chi connectivity index (χ4v) is 2.09. The average Bonchev–Trinajstić information content (AvgIpc) is 3.02. The van der Waals surface area contributed by atoms with Crippen LogP contribution in [0.5, 0.6) is 0 Å². The third kappa shape index (κ3) is 2.43. The average molecular weight is 307 g/mol. The second-order valence-electron chi connectivity index (χ2n) is 4.09. The lowest BCUT2D eigenvalue weighted by Gasteiger charge is -2.07. The van der Waals surface area contributed by atoms with Gasteiger partial charge in [-0.25, -0.2) is 4.98 Å². The highest BCUT2D eigenvalue weighted by atomic mass is 79.9. The fourth-order valence-electron chi connectivity index (χ4n) is 1.85. The van der Waals surface area contributed by atoms with Gasteiger partial charge in [0.1, 0.15) is 5.71 Å². The highest BCUT2D eigenvalue weighted by molar-refractivity contribution is 9.10. The lowest BCUT2D eigenvalue weighted by molar-refractivity contribution is 0.0725. The monoisotopic (exact) mass is 306 g/mol. The van der Waals surface area contributed by atoms with E-state index in [2.05, 4.69) is 31.1 Å². The molecule has 3 rings (SSSR count). The molecule has 0 aromatic carbocycles. The molecule has 0 amide bonds. The number of oxime groups is 1. The summed E-state index contributed by atoms with van der Waals surface area (Å²) >= 11 is 3.36. The predicted octanol–water partition coefficient (Wildman–Crippen LogP) is 2.23. The molecule has 5 nitrogen and oxygen atoms in total. The van der Waals surface area contributed by atoms with E-state index < -0.39 is 0 Å². The number of aromatic nitrogens is 3. The molecule has 1 atom stereocenters. The Morgan fingerprint density at radius 3 is 3.11 bits per heavy atom. The Bertz CT molecular complexity index is 550. The predicted molar refractivity (Wildman–Crippen MR) is 70.2 cm³/mol. The topological polar surface area (TPSA) is 52.3 Å². The maximum atomic E-state index is 5.41. The first-order valence-corrected chi connectivity index (χ1v) is 6.41. The van der Waals surface area contributed by atoms with Crippen LogP contribution in [-0.4, -0.2) is 26.4 Å². The molecular weight excluding hydrogens is 296 g/mol. The SMILES string of the molecule is Brc1ccc(C2=NO[C@H](Cn3ccnc3)C2)nc1. The summed E-state index contributed by atoms with van der Waals surface area (Å²) in [5.41, 5.74) is 1.76. The van der Waals surface area contributed by atoms with Crippen molar-refractivity contribution in [2.45, 2.75) is 19.1 Å². The summed E-state index contributed by atoms with van der Waals surface area (Å²) in [6, 6.07) is 3.89. The molecule has 0 saturated heterocycles. The van der Waals surface area contributed by atoms with Crippen LogP contribution in [0, 0.1) is 0 Å². The minimum atomic E-state index is 0.0552. The first-order chi connectivity index (χ1) is 8.81. The van der Waals surface area contributed by atoms with Gasteiger partial charge in [-0.05, 0) is 28.1 Å². The number of pyridine rings is 1. The Hall–Kier alpha value is -1.69. The van der Waals surface area contributed by atoms with Crippen LogP contribution in [0.15, 0.2) is 46.7 Å². The van der Waals surface area contributed by atoms with Crippen LogP contribution in [0.3, 0.4) is 0 Å². The van der Waals surface area contributed by atoms with Gasteiger partial charge >= 0.3 is 0 Å². The molecule has 92 valence electrons. The van der Waals surface area contributed by atoms with E-state index in [1.165, 1.54) is 0 Å². The first-order valence-electron chi connectivity index (χ1n) is 5.61. The molecule has 1 aliphatic heterocycles. The number of rotatable bonds is 3. The van der Waals surface area contributed by atoms with Crippen LogP contribution in [0.2, 0.25) is 0 Å². The zero-order valence-corrected chi connectivity index (χ0v) is 11.1. The molecule has 0 fully saturated rings. The van der Waals surface area contributed by atoms with Crippen LogP contribution in [0.1, 0.15) is 12.1 Å². The second kappa shape index (κ2) is 4.89. The maximum absolute atomic E-state index is 5.41. The Balaban J connectivity index is 1.65. The van der Waals surface area contributed by atoms with Crippen molar-refractivity contribution in [2.75, 3.05) is 0 Å². The minimum Gasteiger partial charge on any atom is -0.390 e. The van der Waals surface area contributed by atoms with Gasteiger partial charge in [0.25, 0.3) is 0 Å². The molecule has 0 unspecified atom stereocenters. The molecule has 0 radical (unpaired) electrons. The molecular formula is C12H11BrN4O. The largest absolute Gasteiger partial charge is 0.390 e. The Morgan fingerprint density at radius 2 is 2.39 bits per heavy atom. The molecule has 1 aliphatic rings. The summed E-state index contributed by atoms with van der Waals surface area (Å²) in [4.78, 5) is 13.7. The third-order valence-electron chi connectivity index (χ3n) is 2.73. The Kier molecular flexibility index (Phi) is 3.10. The van der Waals surface area contributed by atoms with E-state index in [0.29, 0.717) is 0 Å². The van der Waals surface area contributed by atoms with Gasteiger partial charge in [-0.15, -0.1) is 0 Å². The van der Waals surface area contributed by atoms with Gasteiger partial charge < -0.3 is 9.40 Å². The van der Waals surface area contributed by atoms with Gasteiger partial charge in [0.15, 0.2) is 6.10 Å². The van der Waals surface area contributed by atoms with E-state index in [1.807, 2.05) is 22.9 Å². The van der Waals surface area contributed by atoms with Crippen LogP contribution >= 0.6 is 15.9 Å². The molecule has 18 heavy (non-hydrogen) atoms. The van der Waals surface area contributed by atoms with E-state index in [9.17, 15) is 0 Å². The van der Waals surface area contributed by atoms with Crippen molar-refractivity contribution in [2.24, 2.45) is 5.16 Å². The lowest BCUT2D eigenvalue weighted by Crippen LogP contribution is -2.16. The van der Waals surface area contributed by atoms with Crippen molar-refractivity contribution in [1.29, 1.82) is 0 Å². The van der Waals surface area contributed by atoms with Crippen LogP contribution < -0.4 is 0 Å². The fraction of sp³-hybridized carbons (Fsp3) is 0.250. The molecule has 0 bridgehead atoms. The van der Waals surface area contributed by atoms with Gasteiger partial charge in [0.2, 0.25) is 0 Å². The van der Waals surface area contributed by atoms with E-state index in [0.717, 1.165) is 28.8 Å². The Labute approximate surface area is 113 Å². The summed E-state index contributed by atoms with van der Waals surface area (Å²) in [5, 5.41) is 4.10. The third-order valence-corrected chi connectivity index (χ3v) is 3.20. The molecule has 0 saturated carbocycles. The zero-order valence-electron chi connectivity index (χ0n) is 9.53. The van der Waals surface area contributed by atoms with Gasteiger partial charge in [-0.2, -0.15) is 0 Å². The first kappa shape index (κ1) is 11.4. The smallest absolute Gasteiger partial charge is 0.151 e. The quantitative estimate of drug-likeness (QED) is 0.874. The van der Waals surface area contributed by atoms with Crippen LogP contribution in [0.25, 0.3) is 0 Å². The van der Waals surface area contributed by atoms with Gasteiger partial charge in [0, 0.05) is 29.5 Å². The molecule has 0 aliphatic carbocycles. The normalized spacial score (nSPS) is 18.5. The molecule has 0 N–H and O–H groups in total. The van der Waals surface area contributed by atoms with Crippen molar-refractivity contribution in [1.82, 2.24) is 14.5 Å².